The zero-order chi connectivity index (χ0) is 28.8. The Kier molecular flexibility index (Phi) is 8.40. The van der Waals surface area contributed by atoms with E-state index in [1.807, 2.05) is 68.2 Å². The minimum absolute atomic E-state index is 0.290. The van der Waals surface area contributed by atoms with Gasteiger partial charge in [0.1, 0.15) is 5.75 Å². The molecule has 10 heteroatoms. The van der Waals surface area contributed by atoms with Crippen molar-refractivity contribution in [2.75, 3.05) is 37.9 Å². The number of anilines is 3. The lowest BCUT2D eigenvalue weighted by Crippen LogP contribution is -2.24. The van der Waals surface area contributed by atoms with E-state index in [0.717, 1.165) is 41.8 Å². The smallest absolute Gasteiger partial charge is 0.247 e. The first-order valence-corrected chi connectivity index (χ1v) is 13.4. The van der Waals surface area contributed by atoms with Crippen molar-refractivity contribution < 1.29 is 9.53 Å². The second-order valence-electron chi connectivity index (χ2n) is 9.89. The van der Waals surface area contributed by atoms with E-state index in [1.54, 1.807) is 18.0 Å². The Labute approximate surface area is 240 Å². The third-order valence-corrected chi connectivity index (χ3v) is 6.84. The molecule has 0 saturated carbocycles. The highest BCUT2D eigenvalue weighted by atomic mass is 16.5. The molecule has 0 unspecified atom stereocenters. The Hall–Kier alpha value is -4.96. The number of likely N-dealkylation sites (N-methyl/N-ethyl adjacent to an activating group) is 1. The number of aromatic nitrogens is 4. The van der Waals surface area contributed by atoms with Crippen LogP contribution in [0.15, 0.2) is 86.2 Å². The molecule has 4 heterocycles. The molecule has 0 bridgehead atoms. The molecular formula is C31H34N8O2. The molecule has 210 valence electrons. The van der Waals surface area contributed by atoms with E-state index >= 15 is 0 Å². The number of nitrogens with one attached hydrogen (secondary N) is 2. The number of methoxy groups -OCH3 is 1. The maximum atomic E-state index is 12.3. The molecule has 2 N–H and O–H groups in total. The van der Waals surface area contributed by atoms with Crippen LogP contribution in [0.1, 0.15) is 23.1 Å². The molecule has 0 saturated heterocycles. The number of hydrogen-bond donors (Lipinski definition) is 2. The Morgan fingerprint density at radius 1 is 1.15 bits per heavy atom. The molecular weight excluding hydrogens is 516 g/mol. The van der Waals surface area contributed by atoms with Gasteiger partial charge in [0.15, 0.2) is 5.82 Å². The normalized spacial score (nSPS) is 14.9. The van der Waals surface area contributed by atoms with E-state index < -0.39 is 0 Å². The van der Waals surface area contributed by atoms with Gasteiger partial charge >= 0.3 is 0 Å². The SMILES string of the molecule is C=CC(=O)Nc1cc(Nc2ncc(C)c(-n3cc(CN4C=CC=CC=C4)cn3)n2)c(OC)cc1C1=CCN(C)CC1. The zero-order valence-electron chi connectivity index (χ0n) is 23.5. The molecule has 0 aliphatic carbocycles. The van der Waals surface area contributed by atoms with Gasteiger partial charge in [0.2, 0.25) is 11.9 Å². The summed E-state index contributed by atoms with van der Waals surface area (Å²) in [5.41, 5.74) is 5.25. The summed E-state index contributed by atoms with van der Waals surface area (Å²) >= 11 is 0. The molecule has 2 aliphatic rings. The fourth-order valence-electron chi connectivity index (χ4n) is 4.63. The van der Waals surface area contributed by atoms with Crippen molar-refractivity contribution in [3.8, 4) is 11.6 Å². The fraction of sp³-hybridized carbons (Fsp3) is 0.226. The number of hydrogen-bond acceptors (Lipinski definition) is 8. The molecule has 5 rings (SSSR count). The van der Waals surface area contributed by atoms with Crippen LogP contribution in [-0.2, 0) is 11.3 Å². The van der Waals surface area contributed by atoms with Gasteiger partial charge in [-0.15, -0.1) is 0 Å². The number of rotatable bonds is 9. The molecule has 2 aliphatic heterocycles. The predicted molar refractivity (Wildman–Crippen MR) is 162 cm³/mol. The van der Waals surface area contributed by atoms with Gasteiger partial charge in [-0.1, -0.05) is 24.8 Å². The maximum Gasteiger partial charge on any atom is 0.247 e. The number of carbonyl (C=O) groups is 1. The molecule has 10 nitrogen and oxygen atoms in total. The van der Waals surface area contributed by atoms with Crippen LogP contribution >= 0.6 is 0 Å². The summed E-state index contributed by atoms with van der Waals surface area (Å²) in [4.78, 5) is 25.9. The van der Waals surface area contributed by atoms with Crippen LogP contribution in [-0.4, -0.2) is 62.7 Å². The van der Waals surface area contributed by atoms with Crippen molar-refractivity contribution in [2.24, 2.45) is 0 Å². The van der Waals surface area contributed by atoms with Crippen molar-refractivity contribution in [3.05, 3.63) is 103 Å². The number of allylic oxidation sites excluding steroid dienone is 4. The molecule has 1 aromatic carbocycles. The predicted octanol–water partition coefficient (Wildman–Crippen LogP) is 4.97. The first-order chi connectivity index (χ1) is 19.9. The Morgan fingerprint density at radius 2 is 1.95 bits per heavy atom. The summed E-state index contributed by atoms with van der Waals surface area (Å²) in [5.74, 6) is 1.35. The summed E-state index contributed by atoms with van der Waals surface area (Å²) < 4.78 is 7.51. The van der Waals surface area contributed by atoms with Gasteiger partial charge in [0, 0.05) is 54.6 Å². The third-order valence-electron chi connectivity index (χ3n) is 6.84. The number of benzene rings is 1. The first-order valence-electron chi connectivity index (χ1n) is 13.4. The minimum Gasteiger partial charge on any atom is -0.495 e. The quantitative estimate of drug-likeness (QED) is 0.361. The number of nitrogens with zero attached hydrogens (tertiary/aromatic N) is 6. The third kappa shape index (κ3) is 6.62. The van der Waals surface area contributed by atoms with Crippen LogP contribution in [0.2, 0.25) is 0 Å². The van der Waals surface area contributed by atoms with Gasteiger partial charge in [0.25, 0.3) is 0 Å². The van der Waals surface area contributed by atoms with Crippen molar-refractivity contribution >= 4 is 28.8 Å². The topological polar surface area (TPSA) is 100 Å². The van der Waals surface area contributed by atoms with Crippen LogP contribution in [0.3, 0.4) is 0 Å². The number of amides is 1. The molecule has 2 aromatic heterocycles. The first kappa shape index (κ1) is 27.6. The van der Waals surface area contributed by atoms with E-state index in [4.69, 9.17) is 9.72 Å². The van der Waals surface area contributed by atoms with E-state index in [9.17, 15) is 4.79 Å². The van der Waals surface area contributed by atoms with Gasteiger partial charge in [-0.3, -0.25) is 4.79 Å². The van der Waals surface area contributed by atoms with Gasteiger partial charge in [-0.2, -0.15) is 10.1 Å². The van der Waals surface area contributed by atoms with E-state index in [0.29, 0.717) is 35.4 Å². The lowest BCUT2D eigenvalue weighted by molar-refractivity contribution is -0.111. The zero-order valence-corrected chi connectivity index (χ0v) is 23.5. The van der Waals surface area contributed by atoms with Crippen LogP contribution in [0.4, 0.5) is 17.3 Å². The lowest BCUT2D eigenvalue weighted by atomic mass is 9.97. The van der Waals surface area contributed by atoms with Crippen LogP contribution in [0.5, 0.6) is 5.75 Å². The number of aryl methyl sites for hydroxylation is 1. The van der Waals surface area contributed by atoms with Gasteiger partial charge < -0.3 is 25.2 Å². The highest BCUT2D eigenvalue weighted by Gasteiger charge is 2.19. The molecule has 0 atom stereocenters. The number of ether oxygens (including phenoxy) is 1. The van der Waals surface area contributed by atoms with Crippen molar-refractivity contribution in [1.29, 1.82) is 0 Å². The average molecular weight is 551 g/mol. The lowest BCUT2D eigenvalue weighted by Gasteiger charge is -2.24. The monoisotopic (exact) mass is 550 g/mol. The summed E-state index contributed by atoms with van der Waals surface area (Å²) in [7, 11) is 3.70. The largest absolute Gasteiger partial charge is 0.495 e. The Bertz CT molecular complexity index is 1550. The molecule has 3 aromatic rings. The van der Waals surface area contributed by atoms with Gasteiger partial charge in [0.05, 0.1) is 31.2 Å². The van der Waals surface area contributed by atoms with Crippen molar-refractivity contribution in [3.63, 3.8) is 0 Å². The standard InChI is InChI=1S/C31H34N8O2/c1-5-29(40)34-26-17-27(28(41-4)16-25(26)24-10-14-37(3)15-11-24)35-31-32-18-22(2)30(36-31)39-21-23(19-33-39)20-38-12-8-6-7-9-13-38/h5-10,12-13,16-19,21H,1,11,14-15,20H2,2-4H3,(H,34,40)(H,32,35,36). The van der Waals surface area contributed by atoms with Crippen LogP contribution in [0, 0.1) is 6.92 Å². The summed E-state index contributed by atoms with van der Waals surface area (Å²) in [6.07, 6.45) is 21.9. The number of carbonyl (C=O) groups excluding carboxylic acids is 1. The van der Waals surface area contributed by atoms with Crippen LogP contribution in [0.25, 0.3) is 11.4 Å². The summed E-state index contributed by atoms with van der Waals surface area (Å²) in [6, 6.07) is 3.79. The van der Waals surface area contributed by atoms with Gasteiger partial charge in [-0.25, -0.2) is 9.67 Å². The van der Waals surface area contributed by atoms with E-state index in [1.165, 1.54) is 6.08 Å². The average Bonchev–Trinajstić information content (AvgIpc) is 3.28. The molecule has 0 radical (unpaired) electrons. The molecule has 1 amide bonds. The highest BCUT2D eigenvalue weighted by Crippen LogP contribution is 2.38. The van der Waals surface area contributed by atoms with Gasteiger partial charge in [-0.05, 0) is 56.3 Å². The molecule has 41 heavy (non-hydrogen) atoms. The maximum absolute atomic E-state index is 12.3. The van der Waals surface area contributed by atoms with E-state index in [-0.39, 0.29) is 5.91 Å². The van der Waals surface area contributed by atoms with Crippen LogP contribution < -0.4 is 15.4 Å². The molecule has 0 spiro atoms. The Balaban J connectivity index is 1.43. The fourth-order valence-corrected chi connectivity index (χ4v) is 4.63. The summed E-state index contributed by atoms with van der Waals surface area (Å²) in [6.45, 7) is 8.00. The molecule has 0 fully saturated rings. The summed E-state index contributed by atoms with van der Waals surface area (Å²) in [5, 5.41) is 10.8. The second kappa shape index (κ2) is 12.5. The van der Waals surface area contributed by atoms with E-state index in [2.05, 4.69) is 50.2 Å². The van der Waals surface area contributed by atoms with Crippen molar-refractivity contribution in [2.45, 2.75) is 19.9 Å². The van der Waals surface area contributed by atoms with Crippen molar-refractivity contribution in [1.82, 2.24) is 29.5 Å². The minimum atomic E-state index is -0.290. The Morgan fingerprint density at radius 3 is 2.66 bits per heavy atom. The highest BCUT2D eigenvalue weighted by molar-refractivity contribution is 6.01. The second-order valence-corrected chi connectivity index (χ2v) is 9.89.